The summed E-state index contributed by atoms with van der Waals surface area (Å²) in [5, 5.41) is 8.30. The molecule has 0 saturated heterocycles. The highest BCUT2D eigenvalue weighted by atomic mass is 15.2. The molecule has 0 radical (unpaired) electrons. The predicted octanol–water partition coefficient (Wildman–Crippen LogP) is 2.40. The van der Waals surface area contributed by atoms with Crippen molar-refractivity contribution in [3.05, 3.63) is 58.9 Å². The molecule has 0 bridgehead atoms. The Morgan fingerprint density at radius 3 is 2.65 bits per heavy atom. The van der Waals surface area contributed by atoms with Crippen molar-refractivity contribution in [1.82, 2.24) is 15.6 Å². The summed E-state index contributed by atoms with van der Waals surface area (Å²) < 4.78 is 0. The molecule has 20 heavy (non-hydrogen) atoms. The minimum Gasteiger partial charge on any atom is -0.271 e. The van der Waals surface area contributed by atoms with Crippen molar-refractivity contribution < 1.29 is 0 Å². The van der Waals surface area contributed by atoms with Crippen LogP contribution in [0.3, 0.4) is 0 Å². The molecule has 1 aliphatic carbocycles. The van der Waals surface area contributed by atoms with Gasteiger partial charge in [0, 0.05) is 0 Å². The van der Waals surface area contributed by atoms with Crippen LogP contribution in [0.5, 0.6) is 0 Å². The average Bonchev–Trinajstić information content (AvgIpc) is 3.25. The van der Waals surface area contributed by atoms with Crippen molar-refractivity contribution in [3.8, 4) is 0 Å². The van der Waals surface area contributed by atoms with E-state index in [4.69, 9.17) is 5.84 Å². The van der Waals surface area contributed by atoms with Crippen molar-refractivity contribution >= 4 is 0 Å². The molecular weight excluding hydrogens is 248 g/mol. The highest BCUT2D eigenvalue weighted by Gasteiger charge is 2.44. The highest BCUT2D eigenvalue weighted by molar-refractivity contribution is 5.32. The number of hydrogen-bond acceptors (Lipinski definition) is 4. The normalized spacial score (nSPS) is 22.6. The fraction of sp³-hybridized carbons (Fsp3) is 0.375. The van der Waals surface area contributed by atoms with E-state index < -0.39 is 0 Å². The summed E-state index contributed by atoms with van der Waals surface area (Å²) in [7, 11) is 0. The van der Waals surface area contributed by atoms with E-state index in [1.165, 1.54) is 17.5 Å². The molecule has 0 amide bonds. The molecule has 1 aromatic carbocycles. The van der Waals surface area contributed by atoms with Crippen LogP contribution in [0, 0.1) is 19.8 Å². The van der Waals surface area contributed by atoms with E-state index >= 15 is 0 Å². The molecule has 1 aliphatic rings. The van der Waals surface area contributed by atoms with Crippen molar-refractivity contribution in [2.45, 2.75) is 32.2 Å². The topological polar surface area (TPSA) is 63.8 Å². The van der Waals surface area contributed by atoms with Gasteiger partial charge in [0.15, 0.2) is 0 Å². The third-order valence-electron chi connectivity index (χ3n) is 4.15. The van der Waals surface area contributed by atoms with Gasteiger partial charge in [-0.05, 0) is 49.3 Å². The van der Waals surface area contributed by atoms with E-state index in [0.717, 1.165) is 11.4 Å². The largest absolute Gasteiger partial charge is 0.271 e. The Hall–Kier alpha value is -1.78. The van der Waals surface area contributed by atoms with Crippen LogP contribution in [-0.2, 0) is 0 Å². The number of aryl methyl sites for hydroxylation is 2. The number of benzene rings is 1. The van der Waals surface area contributed by atoms with Crippen LogP contribution in [0.25, 0.3) is 0 Å². The van der Waals surface area contributed by atoms with Crippen molar-refractivity contribution in [2.75, 3.05) is 0 Å². The molecule has 1 heterocycles. The lowest BCUT2D eigenvalue weighted by atomic mass is 9.98. The second-order valence-electron chi connectivity index (χ2n) is 5.59. The first-order chi connectivity index (χ1) is 9.70. The molecule has 3 N–H and O–H groups in total. The third kappa shape index (κ3) is 2.44. The Balaban J connectivity index is 1.84. The molecule has 0 aliphatic heterocycles. The van der Waals surface area contributed by atoms with Gasteiger partial charge in [0.05, 0.1) is 17.4 Å². The smallest absolute Gasteiger partial charge is 0.0648 e. The number of nitrogens with one attached hydrogen (secondary N) is 1. The molecule has 1 aromatic heterocycles. The quantitative estimate of drug-likeness (QED) is 0.660. The Morgan fingerprint density at radius 2 is 1.95 bits per heavy atom. The Bertz CT molecular complexity index is 597. The van der Waals surface area contributed by atoms with Gasteiger partial charge in [0.2, 0.25) is 0 Å². The maximum atomic E-state index is 5.81. The van der Waals surface area contributed by atoms with Crippen LogP contribution >= 0.6 is 0 Å². The monoisotopic (exact) mass is 268 g/mol. The Labute approximate surface area is 119 Å². The molecule has 3 atom stereocenters. The van der Waals surface area contributed by atoms with Gasteiger partial charge < -0.3 is 0 Å². The number of aromatic nitrogens is 2. The summed E-state index contributed by atoms with van der Waals surface area (Å²) in [4.78, 5) is 0. The number of rotatable bonds is 4. The maximum absolute atomic E-state index is 5.81. The van der Waals surface area contributed by atoms with Crippen LogP contribution < -0.4 is 11.3 Å². The summed E-state index contributed by atoms with van der Waals surface area (Å²) in [6, 6.07) is 12.9. The molecule has 3 rings (SSSR count). The second-order valence-corrected chi connectivity index (χ2v) is 5.59. The van der Waals surface area contributed by atoms with Crippen molar-refractivity contribution in [2.24, 2.45) is 11.8 Å². The molecule has 1 saturated carbocycles. The summed E-state index contributed by atoms with van der Waals surface area (Å²) >= 11 is 0. The van der Waals surface area contributed by atoms with Crippen LogP contribution in [0.2, 0.25) is 0 Å². The average molecular weight is 268 g/mol. The third-order valence-corrected chi connectivity index (χ3v) is 4.15. The number of hydrogen-bond donors (Lipinski definition) is 2. The Morgan fingerprint density at radius 1 is 1.20 bits per heavy atom. The summed E-state index contributed by atoms with van der Waals surface area (Å²) in [5.74, 6) is 6.93. The van der Waals surface area contributed by atoms with Gasteiger partial charge in [-0.1, -0.05) is 30.3 Å². The lowest BCUT2D eigenvalue weighted by molar-refractivity contribution is 0.481. The molecule has 4 heteroatoms. The standard InChI is InChI=1S/C16H20N4/c1-10-8-13(11(2)20-19-10)16(18-17)15-9-14(15)12-6-4-3-5-7-12/h3-8,14-16,18H,9,17H2,1-2H3. The van der Waals surface area contributed by atoms with Gasteiger partial charge in [-0.25, -0.2) is 0 Å². The molecule has 2 aromatic rings. The second kappa shape index (κ2) is 5.31. The fourth-order valence-corrected chi connectivity index (χ4v) is 3.00. The minimum absolute atomic E-state index is 0.148. The minimum atomic E-state index is 0.148. The van der Waals surface area contributed by atoms with E-state index in [-0.39, 0.29) is 6.04 Å². The van der Waals surface area contributed by atoms with Crippen LogP contribution in [0.15, 0.2) is 36.4 Å². The van der Waals surface area contributed by atoms with E-state index in [1.807, 2.05) is 13.8 Å². The van der Waals surface area contributed by atoms with Gasteiger partial charge >= 0.3 is 0 Å². The van der Waals surface area contributed by atoms with Gasteiger partial charge in [0.1, 0.15) is 0 Å². The zero-order valence-corrected chi connectivity index (χ0v) is 11.9. The number of nitrogens with two attached hydrogens (primary N) is 1. The molecule has 4 nitrogen and oxygen atoms in total. The molecule has 0 spiro atoms. The summed E-state index contributed by atoms with van der Waals surface area (Å²) in [6.45, 7) is 3.96. The predicted molar refractivity (Wildman–Crippen MR) is 78.9 cm³/mol. The molecule has 3 unspecified atom stereocenters. The fourth-order valence-electron chi connectivity index (χ4n) is 3.00. The first-order valence-electron chi connectivity index (χ1n) is 7.02. The van der Waals surface area contributed by atoms with E-state index in [1.54, 1.807) is 0 Å². The molecule has 1 fully saturated rings. The van der Waals surface area contributed by atoms with Gasteiger partial charge in [-0.2, -0.15) is 10.2 Å². The highest BCUT2D eigenvalue weighted by Crippen LogP contribution is 2.54. The van der Waals surface area contributed by atoms with Crippen LogP contribution in [-0.4, -0.2) is 10.2 Å². The summed E-state index contributed by atoms with van der Waals surface area (Å²) in [6.07, 6.45) is 1.17. The van der Waals surface area contributed by atoms with E-state index in [9.17, 15) is 0 Å². The SMILES string of the molecule is Cc1cc(C(NN)C2CC2c2ccccc2)c(C)nn1. The zero-order chi connectivity index (χ0) is 14.1. The molecular formula is C16H20N4. The molecule has 104 valence electrons. The van der Waals surface area contributed by atoms with Crippen LogP contribution in [0.4, 0.5) is 0 Å². The lowest BCUT2D eigenvalue weighted by Gasteiger charge is -2.18. The maximum Gasteiger partial charge on any atom is 0.0648 e. The number of hydrazine groups is 1. The first kappa shape index (κ1) is 13.2. The van der Waals surface area contributed by atoms with Gasteiger partial charge in [0.25, 0.3) is 0 Å². The number of nitrogens with zero attached hydrogens (tertiary/aromatic N) is 2. The van der Waals surface area contributed by atoms with Gasteiger partial charge in [-0.3, -0.25) is 11.3 Å². The van der Waals surface area contributed by atoms with Gasteiger partial charge in [-0.15, -0.1) is 0 Å². The van der Waals surface area contributed by atoms with Crippen molar-refractivity contribution in [3.63, 3.8) is 0 Å². The zero-order valence-electron chi connectivity index (χ0n) is 11.9. The van der Waals surface area contributed by atoms with E-state index in [0.29, 0.717) is 11.8 Å². The van der Waals surface area contributed by atoms with E-state index in [2.05, 4.69) is 52.0 Å². The first-order valence-corrected chi connectivity index (χ1v) is 7.02. The van der Waals surface area contributed by atoms with Crippen molar-refractivity contribution in [1.29, 1.82) is 0 Å². The summed E-state index contributed by atoms with van der Waals surface area (Å²) in [5.41, 5.74) is 7.44. The van der Waals surface area contributed by atoms with Crippen LogP contribution in [0.1, 0.15) is 40.9 Å². The Kier molecular flexibility index (Phi) is 3.51. The lowest BCUT2D eigenvalue weighted by Crippen LogP contribution is -2.30.